The van der Waals surface area contributed by atoms with Crippen LogP contribution in [-0.4, -0.2) is 19.2 Å². The molecule has 3 N–H and O–H groups in total. The molecule has 0 saturated heterocycles. The smallest absolute Gasteiger partial charge is 0.143 e. The number of aryl methyl sites for hydroxylation is 1. The van der Waals surface area contributed by atoms with E-state index in [0.29, 0.717) is 6.10 Å². The molecule has 3 nitrogen and oxygen atoms in total. The van der Waals surface area contributed by atoms with Gasteiger partial charge in [-0.25, -0.2) is 0 Å². The lowest BCUT2D eigenvalue weighted by molar-refractivity contribution is 0.305. The zero-order valence-electron chi connectivity index (χ0n) is 11.1. The summed E-state index contributed by atoms with van der Waals surface area (Å²) in [4.78, 5) is 0. The van der Waals surface area contributed by atoms with Crippen LogP contribution in [0.25, 0.3) is 5.57 Å². The van der Waals surface area contributed by atoms with Gasteiger partial charge in [0.25, 0.3) is 0 Å². The molecule has 0 aromatic heterocycles. The monoisotopic (exact) mass is 278 g/mol. The molecule has 0 bridgehead atoms. The van der Waals surface area contributed by atoms with E-state index in [0.717, 1.165) is 54.4 Å². The fourth-order valence-electron chi connectivity index (χ4n) is 2.44. The Morgan fingerprint density at radius 3 is 2.84 bits per heavy atom. The fraction of sp³-hybridized carbons (Fsp3) is 0.467. The number of ether oxygens (including phenoxy) is 1. The Balaban J connectivity index is 1.99. The normalized spacial score (nSPS) is 19.7. The van der Waals surface area contributed by atoms with Crippen LogP contribution in [0, 0.1) is 6.92 Å². The van der Waals surface area contributed by atoms with E-state index >= 15 is 0 Å². The molecule has 0 atom stereocenters. The van der Waals surface area contributed by atoms with Crippen LogP contribution in [0.15, 0.2) is 17.2 Å². The average Bonchev–Trinajstić information content (AvgIpc) is 3.18. The zero-order valence-corrected chi connectivity index (χ0v) is 11.9. The zero-order chi connectivity index (χ0) is 13.4. The van der Waals surface area contributed by atoms with Gasteiger partial charge in [0.2, 0.25) is 0 Å². The number of benzene rings is 1. The highest BCUT2D eigenvalue weighted by molar-refractivity contribution is 6.33. The molecule has 19 heavy (non-hydrogen) atoms. The molecular formula is C15H19ClN2O. The minimum atomic E-state index is 0.357. The maximum atomic E-state index is 6.34. The number of nitrogen functional groups attached to an aromatic ring is 1. The van der Waals surface area contributed by atoms with Crippen molar-refractivity contribution in [1.82, 2.24) is 5.32 Å². The van der Waals surface area contributed by atoms with Crippen molar-refractivity contribution < 1.29 is 4.74 Å². The second kappa shape index (κ2) is 5.06. The molecule has 1 aromatic rings. The van der Waals surface area contributed by atoms with Crippen molar-refractivity contribution in [2.75, 3.05) is 18.8 Å². The molecule has 2 aliphatic rings. The van der Waals surface area contributed by atoms with Crippen molar-refractivity contribution in [2.24, 2.45) is 0 Å². The van der Waals surface area contributed by atoms with Gasteiger partial charge in [0, 0.05) is 11.6 Å². The van der Waals surface area contributed by atoms with E-state index in [1.165, 1.54) is 11.1 Å². The van der Waals surface area contributed by atoms with Gasteiger partial charge in [-0.05, 0) is 61.6 Å². The molecule has 0 amide bonds. The van der Waals surface area contributed by atoms with Crippen LogP contribution in [0.1, 0.15) is 30.4 Å². The number of rotatable bonds is 3. The lowest BCUT2D eigenvalue weighted by Crippen LogP contribution is -2.23. The van der Waals surface area contributed by atoms with Gasteiger partial charge in [-0.3, -0.25) is 0 Å². The van der Waals surface area contributed by atoms with Crippen LogP contribution >= 0.6 is 11.6 Å². The van der Waals surface area contributed by atoms with E-state index in [1.807, 2.05) is 6.07 Å². The molecule has 0 spiro atoms. The molecule has 1 aliphatic carbocycles. The van der Waals surface area contributed by atoms with Gasteiger partial charge in [0.1, 0.15) is 5.75 Å². The predicted octanol–water partition coefficient (Wildman–Crippen LogP) is 3.06. The summed E-state index contributed by atoms with van der Waals surface area (Å²) in [5, 5.41) is 4.18. The predicted molar refractivity (Wildman–Crippen MR) is 79.5 cm³/mol. The first-order chi connectivity index (χ1) is 9.15. The Morgan fingerprint density at radius 2 is 2.16 bits per heavy atom. The third-order valence-electron chi connectivity index (χ3n) is 3.66. The molecule has 3 rings (SSSR count). The van der Waals surface area contributed by atoms with E-state index in [1.54, 1.807) is 0 Å². The summed E-state index contributed by atoms with van der Waals surface area (Å²) in [6.07, 6.45) is 3.58. The van der Waals surface area contributed by atoms with Crippen molar-refractivity contribution in [3.8, 4) is 5.75 Å². The van der Waals surface area contributed by atoms with E-state index in [9.17, 15) is 0 Å². The van der Waals surface area contributed by atoms with Crippen molar-refractivity contribution in [2.45, 2.75) is 32.3 Å². The Morgan fingerprint density at radius 1 is 1.37 bits per heavy atom. The molecule has 1 heterocycles. The number of hydrogen-bond donors (Lipinski definition) is 2. The highest BCUT2D eigenvalue weighted by Gasteiger charge is 2.25. The Kier molecular flexibility index (Phi) is 3.42. The number of hydrogen-bond acceptors (Lipinski definition) is 3. The molecule has 1 saturated carbocycles. The Labute approximate surface area is 118 Å². The Bertz CT molecular complexity index is 535. The van der Waals surface area contributed by atoms with Crippen molar-refractivity contribution >= 4 is 22.9 Å². The molecule has 0 radical (unpaired) electrons. The van der Waals surface area contributed by atoms with Crippen molar-refractivity contribution in [1.29, 1.82) is 0 Å². The van der Waals surface area contributed by atoms with Gasteiger partial charge in [0.05, 0.1) is 11.8 Å². The van der Waals surface area contributed by atoms with Crippen LogP contribution < -0.4 is 15.8 Å². The van der Waals surface area contributed by atoms with E-state index in [4.69, 9.17) is 22.1 Å². The van der Waals surface area contributed by atoms with Crippen LogP contribution in [0.5, 0.6) is 5.75 Å². The van der Waals surface area contributed by atoms with Crippen molar-refractivity contribution in [3.63, 3.8) is 0 Å². The number of nitrogens with two attached hydrogens (primary N) is 1. The van der Waals surface area contributed by atoms with Crippen LogP contribution in [0.2, 0.25) is 0 Å². The van der Waals surface area contributed by atoms with Gasteiger partial charge in [-0.1, -0.05) is 11.6 Å². The summed E-state index contributed by atoms with van der Waals surface area (Å²) in [6.45, 7) is 3.79. The van der Waals surface area contributed by atoms with Gasteiger partial charge < -0.3 is 15.8 Å². The molecule has 1 aromatic carbocycles. The van der Waals surface area contributed by atoms with Crippen LogP contribution in [0.4, 0.5) is 5.69 Å². The highest BCUT2D eigenvalue weighted by atomic mass is 35.5. The van der Waals surface area contributed by atoms with Gasteiger partial charge in [-0.15, -0.1) is 0 Å². The number of anilines is 1. The summed E-state index contributed by atoms with van der Waals surface area (Å²) >= 11 is 6.34. The lowest BCUT2D eigenvalue weighted by atomic mass is 9.95. The molecule has 1 fully saturated rings. The quantitative estimate of drug-likeness (QED) is 0.836. The maximum absolute atomic E-state index is 6.34. The van der Waals surface area contributed by atoms with E-state index < -0.39 is 0 Å². The van der Waals surface area contributed by atoms with Gasteiger partial charge in [-0.2, -0.15) is 0 Å². The first kappa shape index (κ1) is 12.8. The first-order valence-electron chi connectivity index (χ1n) is 6.80. The summed E-state index contributed by atoms with van der Waals surface area (Å²) in [5.41, 5.74) is 10.3. The van der Waals surface area contributed by atoms with Crippen LogP contribution in [0.3, 0.4) is 0 Å². The third-order valence-corrected chi connectivity index (χ3v) is 4.02. The van der Waals surface area contributed by atoms with E-state index in [-0.39, 0.29) is 0 Å². The summed E-state index contributed by atoms with van der Waals surface area (Å²) in [7, 11) is 0. The minimum Gasteiger partial charge on any atom is -0.488 e. The topological polar surface area (TPSA) is 47.3 Å². The molecule has 1 aliphatic heterocycles. The Hall–Kier alpha value is -1.19. The third kappa shape index (κ3) is 2.72. The van der Waals surface area contributed by atoms with Gasteiger partial charge in [0.15, 0.2) is 0 Å². The fourth-order valence-corrected chi connectivity index (χ4v) is 2.73. The van der Waals surface area contributed by atoms with Crippen molar-refractivity contribution in [3.05, 3.63) is 28.3 Å². The standard InChI is InChI=1S/C15H19ClN2O/c1-9-6-14(17)15(19-10-2-3-10)7-12(9)11-4-5-18-8-13(11)16/h6-7,10,18H,2-5,8,17H2,1H3. The largest absolute Gasteiger partial charge is 0.488 e. The highest BCUT2D eigenvalue weighted by Crippen LogP contribution is 2.37. The van der Waals surface area contributed by atoms with Gasteiger partial charge >= 0.3 is 0 Å². The first-order valence-corrected chi connectivity index (χ1v) is 7.18. The number of halogens is 1. The molecule has 102 valence electrons. The molecule has 4 heteroatoms. The lowest BCUT2D eigenvalue weighted by Gasteiger charge is -2.20. The summed E-state index contributed by atoms with van der Waals surface area (Å²) < 4.78 is 5.87. The van der Waals surface area contributed by atoms with Crippen LogP contribution in [-0.2, 0) is 0 Å². The van der Waals surface area contributed by atoms with E-state index in [2.05, 4.69) is 18.3 Å². The summed E-state index contributed by atoms with van der Waals surface area (Å²) in [6, 6.07) is 4.05. The number of nitrogens with one attached hydrogen (secondary N) is 1. The second-order valence-electron chi connectivity index (χ2n) is 5.33. The minimum absolute atomic E-state index is 0.357. The molecular weight excluding hydrogens is 260 g/mol. The second-order valence-corrected chi connectivity index (χ2v) is 5.79. The average molecular weight is 279 g/mol. The molecule has 0 unspecified atom stereocenters. The maximum Gasteiger partial charge on any atom is 0.143 e. The summed E-state index contributed by atoms with van der Waals surface area (Å²) in [5.74, 6) is 0.804. The SMILES string of the molecule is Cc1cc(N)c(OC2CC2)cc1C1=C(Cl)CNCC1.